The number of rotatable bonds is 9. The van der Waals surface area contributed by atoms with E-state index in [9.17, 15) is 14.4 Å². The monoisotopic (exact) mass is 590 g/mol. The molecule has 0 radical (unpaired) electrons. The van der Waals surface area contributed by atoms with Crippen LogP contribution in [0.15, 0.2) is 101 Å². The minimum absolute atomic E-state index is 0.0865. The van der Waals surface area contributed by atoms with Gasteiger partial charge in [0.1, 0.15) is 42.2 Å². The molecule has 190 valence electrons. The maximum atomic E-state index is 13.1. The van der Waals surface area contributed by atoms with E-state index in [2.05, 4.69) is 21.2 Å². The Bertz CT molecular complexity index is 1480. The van der Waals surface area contributed by atoms with Gasteiger partial charge >= 0.3 is 0 Å². The molecule has 0 fully saturated rings. The first-order valence-corrected chi connectivity index (χ1v) is 12.6. The molecule has 4 aromatic carbocycles. The Hall–Kier alpha value is -4.12. The zero-order chi connectivity index (χ0) is 26.9. The van der Waals surface area contributed by atoms with Crippen LogP contribution in [0.5, 0.6) is 11.5 Å². The van der Waals surface area contributed by atoms with Gasteiger partial charge in [-0.1, -0.05) is 57.9 Å². The summed E-state index contributed by atoms with van der Waals surface area (Å²) in [6.07, 6.45) is 1.45. The highest BCUT2D eigenvalue weighted by atomic mass is 79.9. The van der Waals surface area contributed by atoms with Gasteiger partial charge in [0, 0.05) is 10.2 Å². The molecule has 0 spiro atoms. The molecule has 0 aliphatic heterocycles. The minimum Gasteiger partial charge on any atom is -0.489 e. The number of nitrogens with zero attached hydrogens (tertiary/aromatic N) is 1. The normalized spacial score (nSPS) is 10.9. The van der Waals surface area contributed by atoms with Crippen molar-refractivity contribution in [2.75, 3.05) is 5.32 Å². The summed E-state index contributed by atoms with van der Waals surface area (Å²) in [6, 6.07) is 27.6. The molecule has 0 aliphatic rings. The molecule has 1 amide bonds. The lowest BCUT2D eigenvalue weighted by atomic mass is 10.1. The van der Waals surface area contributed by atoms with E-state index in [1.165, 1.54) is 18.2 Å². The highest BCUT2D eigenvalue weighted by molar-refractivity contribution is 9.10. The quantitative estimate of drug-likeness (QED) is 0.158. The number of carbonyl (C=O) groups is 1. The van der Waals surface area contributed by atoms with Gasteiger partial charge in [-0.15, -0.1) is 0 Å². The lowest BCUT2D eigenvalue weighted by Crippen LogP contribution is -2.13. The molecule has 0 unspecified atom stereocenters. The highest BCUT2D eigenvalue weighted by Gasteiger charge is 2.11. The van der Waals surface area contributed by atoms with Crippen LogP contribution in [-0.4, -0.2) is 5.91 Å². The van der Waals surface area contributed by atoms with Gasteiger partial charge in [-0.3, -0.25) is 4.79 Å². The van der Waals surface area contributed by atoms with Crippen molar-refractivity contribution in [1.82, 2.24) is 0 Å². The molecule has 38 heavy (non-hydrogen) atoms. The van der Waals surface area contributed by atoms with Gasteiger partial charge in [0.15, 0.2) is 0 Å². The molecular formula is C30H21BrClFN2O3. The van der Waals surface area contributed by atoms with Crippen molar-refractivity contribution in [2.45, 2.75) is 13.2 Å². The van der Waals surface area contributed by atoms with Crippen molar-refractivity contribution in [3.8, 4) is 17.6 Å². The highest BCUT2D eigenvalue weighted by Crippen LogP contribution is 2.27. The first kappa shape index (κ1) is 26.9. The predicted octanol–water partition coefficient (Wildman–Crippen LogP) is 7.95. The Labute approximate surface area is 233 Å². The summed E-state index contributed by atoms with van der Waals surface area (Å²) < 4.78 is 25.5. The average molecular weight is 592 g/mol. The third-order valence-corrected chi connectivity index (χ3v) is 6.19. The molecule has 0 heterocycles. The van der Waals surface area contributed by atoms with E-state index in [-0.39, 0.29) is 18.0 Å². The van der Waals surface area contributed by atoms with Crippen molar-refractivity contribution in [3.63, 3.8) is 0 Å². The van der Waals surface area contributed by atoms with Crippen LogP contribution in [0.1, 0.15) is 16.7 Å². The SMILES string of the molecule is N#C/C(=C\c1ccc(OCc2ccc(F)cc2)c(Cl)c1)C(=O)Nc1ccc(OCc2ccc(Br)cc2)cc1. The van der Waals surface area contributed by atoms with Gasteiger partial charge in [-0.05, 0) is 83.4 Å². The fraction of sp³-hybridized carbons (Fsp3) is 0.0667. The van der Waals surface area contributed by atoms with Gasteiger partial charge in [0.25, 0.3) is 5.91 Å². The average Bonchev–Trinajstić information content (AvgIpc) is 2.92. The molecule has 0 aromatic heterocycles. The molecule has 4 aromatic rings. The largest absolute Gasteiger partial charge is 0.489 e. The van der Waals surface area contributed by atoms with Crippen molar-refractivity contribution in [1.29, 1.82) is 5.26 Å². The summed E-state index contributed by atoms with van der Waals surface area (Å²) in [5, 5.41) is 12.6. The lowest BCUT2D eigenvalue weighted by Gasteiger charge is -2.10. The molecular weight excluding hydrogens is 571 g/mol. The van der Waals surface area contributed by atoms with Crippen LogP contribution in [0.4, 0.5) is 10.1 Å². The number of amides is 1. The molecule has 0 saturated heterocycles. The number of halogens is 3. The van der Waals surface area contributed by atoms with Gasteiger partial charge in [0.05, 0.1) is 5.02 Å². The van der Waals surface area contributed by atoms with Crippen LogP contribution in [0.3, 0.4) is 0 Å². The van der Waals surface area contributed by atoms with Crippen LogP contribution < -0.4 is 14.8 Å². The first-order chi connectivity index (χ1) is 18.4. The summed E-state index contributed by atoms with van der Waals surface area (Å²) in [5.41, 5.74) is 2.82. The second-order valence-electron chi connectivity index (χ2n) is 8.17. The zero-order valence-corrected chi connectivity index (χ0v) is 22.3. The molecule has 5 nitrogen and oxygen atoms in total. The maximum Gasteiger partial charge on any atom is 0.266 e. The van der Waals surface area contributed by atoms with Crippen LogP contribution >= 0.6 is 27.5 Å². The van der Waals surface area contributed by atoms with Crippen LogP contribution in [0, 0.1) is 17.1 Å². The second kappa shape index (κ2) is 12.9. The molecule has 8 heteroatoms. The van der Waals surface area contributed by atoms with Crippen LogP contribution in [0.2, 0.25) is 5.02 Å². The first-order valence-electron chi connectivity index (χ1n) is 11.5. The molecule has 0 atom stereocenters. The van der Waals surface area contributed by atoms with Crippen LogP contribution in [-0.2, 0) is 18.0 Å². The number of hydrogen-bond acceptors (Lipinski definition) is 4. The number of benzene rings is 4. The summed E-state index contributed by atoms with van der Waals surface area (Å²) >= 11 is 9.74. The second-order valence-corrected chi connectivity index (χ2v) is 9.49. The number of carbonyl (C=O) groups excluding carboxylic acids is 1. The number of anilines is 1. The van der Waals surface area contributed by atoms with Crippen molar-refractivity contribution < 1.29 is 18.7 Å². The van der Waals surface area contributed by atoms with Gasteiger partial charge in [0.2, 0.25) is 0 Å². The molecule has 1 N–H and O–H groups in total. The Kier molecular flexibility index (Phi) is 9.15. The van der Waals surface area contributed by atoms with Crippen molar-refractivity contribution in [3.05, 3.63) is 129 Å². The van der Waals surface area contributed by atoms with Gasteiger partial charge < -0.3 is 14.8 Å². The van der Waals surface area contributed by atoms with E-state index < -0.39 is 5.91 Å². The number of nitriles is 1. The van der Waals surface area contributed by atoms with Crippen molar-refractivity contribution >= 4 is 45.2 Å². The number of nitrogens with one attached hydrogen (secondary N) is 1. The summed E-state index contributed by atoms with van der Waals surface area (Å²) in [6.45, 7) is 0.633. The number of ether oxygens (including phenoxy) is 2. The van der Waals surface area contributed by atoms with E-state index >= 15 is 0 Å². The van der Waals surface area contributed by atoms with Gasteiger partial charge in [-0.25, -0.2) is 4.39 Å². The Morgan fingerprint density at radius 3 is 2.18 bits per heavy atom. The summed E-state index contributed by atoms with van der Waals surface area (Å²) in [4.78, 5) is 12.7. The maximum absolute atomic E-state index is 13.1. The fourth-order valence-electron chi connectivity index (χ4n) is 3.36. The molecule has 0 saturated carbocycles. The van der Waals surface area contributed by atoms with E-state index in [4.69, 9.17) is 21.1 Å². The van der Waals surface area contributed by atoms with E-state index in [0.717, 1.165) is 15.6 Å². The Morgan fingerprint density at radius 1 is 0.921 bits per heavy atom. The lowest BCUT2D eigenvalue weighted by molar-refractivity contribution is -0.112. The molecule has 4 rings (SSSR count). The van der Waals surface area contributed by atoms with E-state index in [1.54, 1.807) is 54.6 Å². The van der Waals surface area contributed by atoms with Crippen LogP contribution in [0.25, 0.3) is 6.08 Å². The Morgan fingerprint density at radius 2 is 1.55 bits per heavy atom. The van der Waals surface area contributed by atoms with E-state index in [0.29, 0.717) is 34.4 Å². The summed E-state index contributed by atoms with van der Waals surface area (Å²) in [5.74, 6) is 0.208. The summed E-state index contributed by atoms with van der Waals surface area (Å²) in [7, 11) is 0. The molecule has 0 bridgehead atoms. The third-order valence-electron chi connectivity index (χ3n) is 5.37. The van der Waals surface area contributed by atoms with E-state index in [1.807, 2.05) is 30.3 Å². The third kappa shape index (κ3) is 7.69. The smallest absolute Gasteiger partial charge is 0.266 e. The minimum atomic E-state index is -0.552. The predicted molar refractivity (Wildman–Crippen MR) is 149 cm³/mol. The topological polar surface area (TPSA) is 71.3 Å². The zero-order valence-electron chi connectivity index (χ0n) is 20.0. The van der Waals surface area contributed by atoms with Crippen molar-refractivity contribution in [2.24, 2.45) is 0 Å². The number of hydrogen-bond donors (Lipinski definition) is 1. The standard InChI is InChI=1S/C30H21BrClFN2O3/c31-24-6-1-20(2-7-24)18-37-27-12-10-26(11-13-27)35-30(36)23(17-34)15-22-5-14-29(28(32)16-22)38-19-21-3-8-25(33)9-4-21/h1-16H,18-19H2,(H,35,36)/b23-15+. The fourth-order valence-corrected chi connectivity index (χ4v) is 3.87. The molecule has 0 aliphatic carbocycles. The Balaban J connectivity index is 1.34. The van der Waals surface area contributed by atoms with Gasteiger partial charge in [-0.2, -0.15) is 5.26 Å².